The van der Waals surface area contributed by atoms with Gasteiger partial charge in [-0.25, -0.2) is 9.97 Å². The van der Waals surface area contributed by atoms with Crippen LogP contribution in [-0.2, 0) is 4.74 Å². The molecule has 0 radical (unpaired) electrons. The molecule has 1 saturated carbocycles. The lowest BCUT2D eigenvalue weighted by Crippen LogP contribution is -2.46. The second-order valence-corrected chi connectivity index (χ2v) is 6.90. The molecule has 2 fully saturated rings. The summed E-state index contributed by atoms with van der Waals surface area (Å²) in [5.41, 5.74) is 1.79. The molecule has 25 heavy (non-hydrogen) atoms. The number of benzene rings is 1. The van der Waals surface area contributed by atoms with E-state index in [9.17, 15) is 0 Å². The fourth-order valence-electron chi connectivity index (χ4n) is 3.98. The minimum absolute atomic E-state index is 0.463. The van der Waals surface area contributed by atoms with Crippen LogP contribution in [-0.4, -0.2) is 53.3 Å². The highest BCUT2D eigenvalue weighted by atomic mass is 16.5. The van der Waals surface area contributed by atoms with Crippen LogP contribution in [0.2, 0.25) is 0 Å². The Morgan fingerprint density at radius 2 is 1.92 bits per heavy atom. The van der Waals surface area contributed by atoms with Gasteiger partial charge in [0.05, 0.1) is 18.7 Å². The number of anilines is 1. The van der Waals surface area contributed by atoms with Gasteiger partial charge in [-0.1, -0.05) is 5.92 Å². The van der Waals surface area contributed by atoms with Crippen LogP contribution in [0.4, 0.5) is 5.82 Å². The summed E-state index contributed by atoms with van der Waals surface area (Å²) in [5, 5.41) is 4.64. The number of fused-ring (bicyclic) bond motifs is 1. The van der Waals surface area contributed by atoms with Crippen molar-refractivity contribution in [2.24, 2.45) is 0 Å². The van der Waals surface area contributed by atoms with E-state index in [1.807, 2.05) is 18.2 Å². The van der Waals surface area contributed by atoms with Gasteiger partial charge >= 0.3 is 0 Å². The van der Waals surface area contributed by atoms with Crippen LogP contribution in [0, 0.1) is 12.3 Å². The first-order valence-electron chi connectivity index (χ1n) is 9.13. The Hall–Kier alpha value is -2.16. The van der Waals surface area contributed by atoms with Gasteiger partial charge in [-0.05, 0) is 43.9 Å². The van der Waals surface area contributed by atoms with Gasteiger partial charge in [0, 0.05) is 36.1 Å². The number of hydrogen-bond donors (Lipinski definition) is 1. The summed E-state index contributed by atoms with van der Waals surface area (Å²) >= 11 is 0. The van der Waals surface area contributed by atoms with Crippen LogP contribution in [0.3, 0.4) is 0 Å². The molecule has 0 bridgehead atoms. The first kappa shape index (κ1) is 16.3. The summed E-state index contributed by atoms with van der Waals surface area (Å²) in [5.74, 6) is 3.59. The topological polar surface area (TPSA) is 50.3 Å². The largest absolute Gasteiger partial charge is 0.379 e. The third kappa shape index (κ3) is 3.60. The summed E-state index contributed by atoms with van der Waals surface area (Å²) in [6.07, 6.45) is 12.0. The van der Waals surface area contributed by atoms with E-state index >= 15 is 0 Å². The van der Waals surface area contributed by atoms with Gasteiger partial charge in [-0.15, -0.1) is 6.42 Å². The van der Waals surface area contributed by atoms with Crippen LogP contribution < -0.4 is 5.32 Å². The number of terminal acetylenes is 1. The molecule has 1 aliphatic carbocycles. The fraction of sp³-hybridized carbons (Fsp3) is 0.500. The predicted molar refractivity (Wildman–Crippen MR) is 99.5 cm³/mol. The van der Waals surface area contributed by atoms with Crippen LogP contribution in [0.1, 0.15) is 31.2 Å². The Bertz CT molecular complexity index is 771. The molecule has 4 rings (SSSR count). The summed E-state index contributed by atoms with van der Waals surface area (Å²) in [4.78, 5) is 11.4. The lowest BCUT2D eigenvalue weighted by Gasteiger charge is -2.39. The molecule has 0 amide bonds. The molecule has 1 aromatic heterocycles. The Morgan fingerprint density at radius 3 is 2.68 bits per heavy atom. The van der Waals surface area contributed by atoms with Crippen molar-refractivity contribution in [1.29, 1.82) is 0 Å². The zero-order valence-corrected chi connectivity index (χ0v) is 14.4. The zero-order chi connectivity index (χ0) is 17.1. The number of rotatable bonds is 3. The van der Waals surface area contributed by atoms with Crippen molar-refractivity contribution in [3.8, 4) is 12.3 Å². The number of nitrogens with one attached hydrogen (secondary N) is 1. The molecule has 2 aromatic rings. The van der Waals surface area contributed by atoms with E-state index in [2.05, 4.69) is 26.1 Å². The van der Waals surface area contributed by atoms with E-state index in [1.54, 1.807) is 6.33 Å². The standard InChI is InChI=1S/C20H24N4O/c1-2-15-3-8-19-18(13-15)20(22-14-21-19)23-16-4-6-17(7-5-16)24-9-11-25-12-10-24/h1,3,8,13-14,16-17H,4-7,9-12H2,(H,21,22,23)/t16-,17-. The highest BCUT2D eigenvalue weighted by Crippen LogP contribution is 2.28. The van der Waals surface area contributed by atoms with Gasteiger partial charge in [0.25, 0.3) is 0 Å². The van der Waals surface area contributed by atoms with Gasteiger partial charge in [0.15, 0.2) is 0 Å². The smallest absolute Gasteiger partial charge is 0.137 e. The molecule has 2 heterocycles. The fourth-order valence-corrected chi connectivity index (χ4v) is 3.98. The van der Waals surface area contributed by atoms with Crippen LogP contribution in [0.25, 0.3) is 10.9 Å². The van der Waals surface area contributed by atoms with Gasteiger partial charge in [0.2, 0.25) is 0 Å². The predicted octanol–water partition coefficient (Wildman–Crippen LogP) is 2.67. The van der Waals surface area contributed by atoms with Crippen molar-refractivity contribution in [1.82, 2.24) is 14.9 Å². The molecule has 130 valence electrons. The highest BCUT2D eigenvalue weighted by molar-refractivity contribution is 5.90. The normalized spacial score (nSPS) is 24.8. The average Bonchev–Trinajstić information content (AvgIpc) is 2.69. The number of ether oxygens (including phenoxy) is 1. The first-order chi connectivity index (χ1) is 12.3. The monoisotopic (exact) mass is 336 g/mol. The second kappa shape index (κ2) is 7.38. The summed E-state index contributed by atoms with van der Waals surface area (Å²) in [6.45, 7) is 3.91. The second-order valence-electron chi connectivity index (χ2n) is 6.90. The molecular weight excluding hydrogens is 312 g/mol. The quantitative estimate of drug-likeness (QED) is 0.874. The molecule has 0 atom stereocenters. The summed E-state index contributed by atoms with van der Waals surface area (Å²) in [6, 6.07) is 7.05. The maximum Gasteiger partial charge on any atom is 0.137 e. The Kier molecular flexibility index (Phi) is 4.82. The number of nitrogens with zero attached hydrogens (tertiary/aromatic N) is 3. The van der Waals surface area contributed by atoms with Crippen molar-refractivity contribution in [2.75, 3.05) is 31.6 Å². The molecule has 0 unspecified atom stereocenters. The van der Waals surface area contributed by atoms with Crippen LogP contribution in [0.15, 0.2) is 24.5 Å². The van der Waals surface area contributed by atoms with Crippen molar-refractivity contribution >= 4 is 16.7 Å². The maximum absolute atomic E-state index is 5.54. The number of hydrogen-bond acceptors (Lipinski definition) is 5. The first-order valence-corrected chi connectivity index (χ1v) is 9.13. The van der Waals surface area contributed by atoms with E-state index in [4.69, 9.17) is 11.2 Å². The van der Waals surface area contributed by atoms with Gasteiger partial charge in [-0.2, -0.15) is 0 Å². The third-order valence-electron chi connectivity index (χ3n) is 5.40. The van der Waals surface area contributed by atoms with Crippen molar-refractivity contribution in [3.63, 3.8) is 0 Å². The summed E-state index contributed by atoms with van der Waals surface area (Å²) < 4.78 is 5.47. The minimum Gasteiger partial charge on any atom is -0.379 e. The maximum atomic E-state index is 5.54. The highest BCUT2D eigenvalue weighted by Gasteiger charge is 2.27. The number of aromatic nitrogens is 2. The Morgan fingerprint density at radius 1 is 1.12 bits per heavy atom. The van der Waals surface area contributed by atoms with Gasteiger partial charge < -0.3 is 10.1 Å². The molecule has 1 saturated heterocycles. The lowest BCUT2D eigenvalue weighted by molar-refractivity contribution is 0.00791. The molecule has 1 aliphatic heterocycles. The third-order valence-corrected chi connectivity index (χ3v) is 5.40. The van der Waals surface area contributed by atoms with E-state index in [1.165, 1.54) is 25.7 Å². The van der Waals surface area contributed by atoms with E-state index < -0.39 is 0 Å². The Balaban J connectivity index is 1.43. The zero-order valence-electron chi connectivity index (χ0n) is 14.4. The van der Waals surface area contributed by atoms with Crippen LogP contribution in [0.5, 0.6) is 0 Å². The van der Waals surface area contributed by atoms with E-state index in [-0.39, 0.29) is 0 Å². The van der Waals surface area contributed by atoms with Gasteiger partial charge in [-0.3, -0.25) is 4.90 Å². The van der Waals surface area contributed by atoms with Crippen molar-refractivity contribution < 1.29 is 4.74 Å². The molecule has 0 spiro atoms. The van der Waals surface area contributed by atoms with Crippen molar-refractivity contribution in [3.05, 3.63) is 30.1 Å². The minimum atomic E-state index is 0.463. The molecular formula is C20H24N4O. The molecule has 5 nitrogen and oxygen atoms in total. The molecule has 2 aliphatic rings. The van der Waals surface area contributed by atoms with Crippen molar-refractivity contribution in [2.45, 2.75) is 37.8 Å². The SMILES string of the molecule is C#Cc1ccc2ncnc(N[C@H]3CC[C@H](N4CCOCC4)CC3)c2c1. The Labute approximate surface area is 148 Å². The van der Waals surface area contributed by atoms with E-state index in [0.29, 0.717) is 12.1 Å². The van der Waals surface area contributed by atoms with E-state index in [0.717, 1.165) is 48.6 Å². The lowest BCUT2D eigenvalue weighted by atomic mass is 9.90. The average molecular weight is 336 g/mol. The van der Waals surface area contributed by atoms with Crippen LogP contribution >= 0.6 is 0 Å². The molecule has 1 N–H and O–H groups in total. The summed E-state index contributed by atoms with van der Waals surface area (Å²) in [7, 11) is 0. The van der Waals surface area contributed by atoms with Gasteiger partial charge in [0.1, 0.15) is 12.1 Å². The molecule has 1 aromatic carbocycles. The number of morpholine rings is 1. The molecule has 5 heteroatoms.